The van der Waals surface area contributed by atoms with Gasteiger partial charge in [0.05, 0.1) is 28.2 Å². The largest absolute Gasteiger partial charge is 0.508 e. The number of phenols is 1. The van der Waals surface area contributed by atoms with Crippen LogP contribution in [0.2, 0.25) is 0 Å². The van der Waals surface area contributed by atoms with Crippen LogP contribution in [0.1, 0.15) is 27.5 Å². The van der Waals surface area contributed by atoms with Gasteiger partial charge in [-0.25, -0.2) is 9.78 Å². The summed E-state index contributed by atoms with van der Waals surface area (Å²) in [7, 11) is 0. The highest BCUT2D eigenvalue weighted by atomic mass is 79.9. The van der Waals surface area contributed by atoms with Gasteiger partial charge in [0.1, 0.15) is 11.5 Å². The van der Waals surface area contributed by atoms with Crippen molar-refractivity contribution in [2.24, 2.45) is 0 Å². The smallest absolute Gasteiger partial charge is 0.335 e. The zero-order valence-corrected chi connectivity index (χ0v) is 19.4. The number of carbonyl (C=O) groups is 3. The molecule has 0 radical (unpaired) electrons. The quantitative estimate of drug-likeness (QED) is 0.173. The maximum Gasteiger partial charge on any atom is 0.335 e. The van der Waals surface area contributed by atoms with Gasteiger partial charge >= 0.3 is 11.9 Å². The van der Waals surface area contributed by atoms with Crippen LogP contribution in [0.15, 0.2) is 76.8 Å². The van der Waals surface area contributed by atoms with Crippen molar-refractivity contribution in [1.82, 2.24) is 9.97 Å². The van der Waals surface area contributed by atoms with E-state index < -0.39 is 23.7 Å². The summed E-state index contributed by atoms with van der Waals surface area (Å²) in [5.74, 6) is -3.31. The molecule has 2 heterocycles. The van der Waals surface area contributed by atoms with Gasteiger partial charge in [-0.2, -0.15) is 0 Å². The van der Waals surface area contributed by atoms with Crippen LogP contribution in [0.25, 0.3) is 16.8 Å². The molecular formula is C25H16BrN3O6. The van der Waals surface area contributed by atoms with Gasteiger partial charge in [0.15, 0.2) is 0 Å². The Morgan fingerprint density at radius 3 is 2.26 bits per heavy atom. The van der Waals surface area contributed by atoms with Crippen LogP contribution in [0.3, 0.4) is 0 Å². The number of anilines is 1. The molecule has 0 spiro atoms. The molecule has 1 unspecified atom stereocenters. The van der Waals surface area contributed by atoms with Crippen LogP contribution in [0.5, 0.6) is 5.75 Å². The zero-order chi connectivity index (χ0) is 24.9. The molecule has 1 aliphatic heterocycles. The Bertz CT molecular complexity index is 1540. The number of carboxylic acids is 1. The number of aliphatic hydroxyl groups is 1. The molecule has 0 aliphatic carbocycles. The number of carbonyl (C=O) groups excluding carboxylic acids is 2. The molecule has 1 amide bonds. The molecule has 4 aromatic rings. The number of nitrogens with one attached hydrogen (secondary N) is 1. The number of aromatic nitrogens is 2. The maximum absolute atomic E-state index is 13.2. The van der Waals surface area contributed by atoms with Crippen molar-refractivity contribution in [2.45, 2.75) is 6.04 Å². The lowest BCUT2D eigenvalue weighted by atomic mass is 9.95. The number of benzene rings is 3. The fourth-order valence-corrected chi connectivity index (χ4v) is 4.29. The zero-order valence-electron chi connectivity index (χ0n) is 17.8. The van der Waals surface area contributed by atoms with Crippen molar-refractivity contribution in [1.29, 1.82) is 0 Å². The molecule has 1 saturated heterocycles. The summed E-state index contributed by atoms with van der Waals surface area (Å²) in [4.78, 5) is 46.2. The van der Waals surface area contributed by atoms with E-state index in [1.54, 1.807) is 36.4 Å². The lowest BCUT2D eigenvalue weighted by Gasteiger charge is -2.23. The second-order valence-corrected chi connectivity index (χ2v) is 8.78. The molecule has 1 atom stereocenters. The van der Waals surface area contributed by atoms with E-state index in [0.717, 1.165) is 9.37 Å². The third-order valence-electron chi connectivity index (χ3n) is 5.72. The molecule has 0 bridgehead atoms. The van der Waals surface area contributed by atoms with E-state index in [4.69, 9.17) is 0 Å². The third-order valence-corrected chi connectivity index (χ3v) is 6.24. The number of ketones is 1. The number of halogens is 1. The number of Topliss-reactive ketones (excluding diaryl/α,β-unsaturated/α-hetero) is 1. The van der Waals surface area contributed by atoms with E-state index in [1.807, 2.05) is 0 Å². The Hall–Kier alpha value is -4.44. The van der Waals surface area contributed by atoms with Crippen LogP contribution < -0.4 is 4.90 Å². The van der Waals surface area contributed by atoms with Crippen LogP contribution in [-0.2, 0) is 9.59 Å². The predicted octanol–water partition coefficient (Wildman–Crippen LogP) is 4.36. The maximum atomic E-state index is 13.2. The number of carboxylic acid groups (broad SMARTS) is 1. The van der Waals surface area contributed by atoms with Crippen molar-refractivity contribution >= 4 is 56.3 Å². The van der Waals surface area contributed by atoms with Gasteiger partial charge in [0.25, 0.3) is 5.78 Å². The fraction of sp³-hybridized carbons (Fsp3) is 0.0400. The summed E-state index contributed by atoms with van der Waals surface area (Å²) in [6.07, 6.45) is 0. The highest BCUT2D eigenvalue weighted by Crippen LogP contribution is 2.42. The first kappa shape index (κ1) is 22.4. The van der Waals surface area contributed by atoms with Crippen molar-refractivity contribution < 1.29 is 29.7 Å². The summed E-state index contributed by atoms with van der Waals surface area (Å²) in [5, 5.41) is 30.1. The van der Waals surface area contributed by atoms with Crippen LogP contribution in [0.4, 0.5) is 5.95 Å². The number of hydrogen-bond donors (Lipinski definition) is 4. The van der Waals surface area contributed by atoms with Crippen molar-refractivity contribution in [3.63, 3.8) is 0 Å². The number of aromatic amines is 1. The Morgan fingerprint density at radius 1 is 0.943 bits per heavy atom. The number of fused-ring (bicyclic) bond motifs is 1. The number of aromatic carboxylic acids is 1. The van der Waals surface area contributed by atoms with E-state index in [0.29, 0.717) is 22.2 Å². The van der Waals surface area contributed by atoms with Gasteiger partial charge in [-0.1, -0.05) is 40.2 Å². The van der Waals surface area contributed by atoms with E-state index in [1.165, 1.54) is 30.3 Å². The van der Waals surface area contributed by atoms with Crippen LogP contribution in [0, 0.1) is 0 Å². The summed E-state index contributed by atoms with van der Waals surface area (Å²) in [5.41, 5.74) is 1.43. The normalized spacial score (nSPS) is 17.3. The molecule has 4 N–H and O–H groups in total. The summed E-state index contributed by atoms with van der Waals surface area (Å²) >= 11 is 3.33. The molecule has 10 heteroatoms. The van der Waals surface area contributed by atoms with Crippen molar-refractivity contribution in [2.75, 3.05) is 4.90 Å². The molecule has 1 aromatic heterocycles. The van der Waals surface area contributed by atoms with Gasteiger partial charge in [-0.15, -0.1) is 0 Å². The lowest BCUT2D eigenvalue weighted by Crippen LogP contribution is -2.30. The van der Waals surface area contributed by atoms with Gasteiger partial charge in [0, 0.05) is 10.0 Å². The van der Waals surface area contributed by atoms with Gasteiger partial charge in [-0.3, -0.25) is 14.5 Å². The summed E-state index contributed by atoms with van der Waals surface area (Å²) < 4.78 is 0.771. The third kappa shape index (κ3) is 3.83. The number of hydrogen-bond acceptors (Lipinski definition) is 6. The first-order chi connectivity index (χ1) is 16.7. The SMILES string of the molecule is O=C1C(=O)N(c2nc3ccc(C(=O)O)cc3[nH]2)C(c2ccc(O)cc2)/C1=C(\O)c1ccc(Br)cc1. The van der Waals surface area contributed by atoms with E-state index in [2.05, 4.69) is 25.9 Å². The average molecular weight is 534 g/mol. The predicted molar refractivity (Wildman–Crippen MR) is 130 cm³/mol. The minimum absolute atomic E-state index is 0.0106. The van der Waals surface area contributed by atoms with Crippen molar-refractivity contribution in [3.05, 3.63) is 93.5 Å². The van der Waals surface area contributed by atoms with Gasteiger partial charge < -0.3 is 20.3 Å². The van der Waals surface area contributed by atoms with Gasteiger partial charge in [0.2, 0.25) is 5.95 Å². The molecule has 5 rings (SSSR count). The highest BCUT2D eigenvalue weighted by Gasteiger charge is 2.48. The average Bonchev–Trinajstić information content (AvgIpc) is 3.37. The molecule has 1 fully saturated rings. The van der Waals surface area contributed by atoms with Crippen LogP contribution >= 0.6 is 15.9 Å². The van der Waals surface area contributed by atoms with E-state index >= 15 is 0 Å². The fourth-order valence-electron chi connectivity index (χ4n) is 4.03. The van der Waals surface area contributed by atoms with E-state index in [9.17, 15) is 29.7 Å². The topological polar surface area (TPSA) is 144 Å². The molecule has 1 aliphatic rings. The number of H-pyrrole nitrogens is 1. The monoisotopic (exact) mass is 533 g/mol. The molecule has 3 aromatic carbocycles. The number of imidazole rings is 1. The number of phenolic OH excluding ortho intramolecular Hbond substituents is 1. The number of aromatic hydroxyl groups is 1. The highest BCUT2D eigenvalue weighted by molar-refractivity contribution is 9.10. The minimum Gasteiger partial charge on any atom is -0.508 e. The molecule has 174 valence electrons. The summed E-state index contributed by atoms with van der Waals surface area (Å²) in [6.45, 7) is 0. The minimum atomic E-state index is -1.12. The number of rotatable bonds is 4. The summed E-state index contributed by atoms with van der Waals surface area (Å²) in [6, 6.07) is 15.7. The Morgan fingerprint density at radius 2 is 1.60 bits per heavy atom. The molecule has 9 nitrogen and oxygen atoms in total. The standard InChI is InChI=1S/C25H16BrN3O6/c26-15-6-1-13(2-7-15)21(31)19-20(12-3-8-16(30)9-4-12)29(23(33)22(19)32)25-27-17-10-5-14(24(34)35)11-18(17)28-25/h1-11,20,30-31H,(H,27,28)(H,34,35)/b21-19+. The lowest BCUT2D eigenvalue weighted by molar-refractivity contribution is -0.132. The first-order valence-corrected chi connectivity index (χ1v) is 11.1. The molecule has 35 heavy (non-hydrogen) atoms. The Kier molecular flexibility index (Phi) is 5.37. The Labute approximate surface area is 206 Å². The number of amides is 1. The van der Waals surface area contributed by atoms with Crippen molar-refractivity contribution in [3.8, 4) is 5.75 Å². The van der Waals surface area contributed by atoms with Crippen LogP contribution in [-0.4, -0.2) is 42.9 Å². The molecular weight excluding hydrogens is 518 g/mol. The first-order valence-electron chi connectivity index (χ1n) is 10.3. The number of nitrogens with zero attached hydrogens (tertiary/aromatic N) is 2. The van der Waals surface area contributed by atoms with Gasteiger partial charge in [-0.05, 0) is 48.0 Å². The second-order valence-electron chi connectivity index (χ2n) is 7.87. The Balaban J connectivity index is 1.71. The number of aliphatic hydroxyl groups excluding tert-OH is 1. The molecule has 0 saturated carbocycles. The van der Waals surface area contributed by atoms with E-state index in [-0.39, 0.29) is 28.6 Å². The second kappa shape index (κ2) is 8.41.